The van der Waals surface area contributed by atoms with Crippen LogP contribution < -0.4 is 10.1 Å². The highest BCUT2D eigenvalue weighted by Crippen LogP contribution is 2.22. The molecule has 0 aliphatic carbocycles. The van der Waals surface area contributed by atoms with Crippen LogP contribution in [0.4, 0.5) is 5.88 Å². The number of carbonyl (C=O) groups is 1. The van der Waals surface area contributed by atoms with Crippen molar-refractivity contribution in [2.24, 2.45) is 0 Å². The van der Waals surface area contributed by atoms with Crippen LogP contribution in [0, 0.1) is 6.92 Å². The van der Waals surface area contributed by atoms with E-state index in [4.69, 9.17) is 9.26 Å². The maximum atomic E-state index is 12.1. The summed E-state index contributed by atoms with van der Waals surface area (Å²) in [6.45, 7) is 2.74. The first-order valence-electron chi connectivity index (χ1n) is 8.02. The minimum absolute atomic E-state index is 0.135. The van der Waals surface area contributed by atoms with Crippen LogP contribution in [0.2, 0.25) is 0 Å². The summed E-state index contributed by atoms with van der Waals surface area (Å²) in [6, 6.07) is 13.9. The summed E-state index contributed by atoms with van der Waals surface area (Å²) < 4.78 is 10.2. The molecule has 0 radical (unpaired) electrons. The lowest BCUT2D eigenvalue weighted by atomic mass is 10.1. The van der Waals surface area contributed by atoms with Gasteiger partial charge in [-0.15, -0.1) is 0 Å². The molecular formula is C19H21N3O3. The number of benzene rings is 2. The van der Waals surface area contributed by atoms with Gasteiger partial charge in [-0.25, -0.2) is 0 Å². The first kappa shape index (κ1) is 17.0. The third-order valence-corrected chi connectivity index (χ3v) is 3.87. The number of likely N-dealkylation sites (N-methyl/N-ethyl adjacent to an activating group) is 1. The van der Waals surface area contributed by atoms with E-state index in [2.05, 4.69) is 28.7 Å². The molecule has 0 spiro atoms. The second-order valence-electron chi connectivity index (χ2n) is 6.10. The zero-order valence-corrected chi connectivity index (χ0v) is 14.6. The summed E-state index contributed by atoms with van der Waals surface area (Å²) in [5, 5.41) is 8.72. The van der Waals surface area contributed by atoms with Gasteiger partial charge < -0.3 is 9.26 Å². The molecule has 3 aromatic rings. The number of aryl methyl sites for hydroxylation is 1. The Morgan fingerprint density at radius 3 is 2.68 bits per heavy atom. The number of anilines is 1. The number of nitrogens with zero attached hydrogens (tertiary/aromatic N) is 2. The van der Waals surface area contributed by atoms with E-state index in [0.29, 0.717) is 12.4 Å². The van der Waals surface area contributed by atoms with Gasteiger partial charge in [-0.2, -0.15) is 0 Å². The Kier molecular flexibility index (Phi) is 5.00. The molecule has 1 heterocycles. The Labute approximate surface area is 146 Å². The number of nitrogens with one attached hydrogen (secondary N) is 1. The standard InChI is InChI=1S/C19H21N3O3/c1-13-8-19(25-21-13)20-18(23)12-22(2)11-14-4-5-16-10-17(24-3)7-6-15(16)9-14/h4-10H,11-12H2,1-3H3,(H,20,23). The van der Waals surface area contributed by atoms with Crippen LogP contribution in [0.5, 0.6) is 5.75 Å². The van der Waals surface area contributed by atoms with Gasteiger partial charge in [-0.3, -0.25) is 15.0 Å². The summed E-state index contributed by atoms with van der Waals surface area (Å²) in [5.41, 5.74) is 1.87. The third kappa shape index (κ3) is 4.36. The SMILES string of the molecule is COc1ccc2cc(CN(C)CC(=O)Nc3cc(C)no3)ccc2c1. The van der Waals surface area contributed by atoms with Crippen LogP contribution >= 0.6 is 0 Å². The molecule has 6 nitrogen and oxygen atoms in total. The Hall–Kier alpha value is -2.86. The number of hydrogen-bond acceptors (Lipinski definition) is 5. The van der Waals surface area contributed by atoms with E-state index in [0.717, 1.165) is 27.8 Å². The Morgan fingerprint density at radius 1 is 1.20 bits per heavy atom. The lowest BCUT2D eigenvalue weighted by Gasteiger charge is -2.16. The van der Waals surface area contributed by atoms with Gasteiger partial charge in [0.25, 0.3) is 0 Å². The van der Waals surface area contributed by atoms with Crippen LogP contribution in [0.1, 0.15) is 11.3 Å². The van der Waals surface area contributed by atoms with Crippen molar-refractivity contribution < 1.29 is 14.1 Å². The van der Waals surface area contributed by atoms with Crippen molar-refractivity contribution in [3.05, 3.63) is 53.7 Å². The molecule has 0 aliphatic rings. The highest BCUT2D eigenvalue weighted by Gasteiger charge is 2.10. The van der Waals surface area contributed by atoms with E-state index in [1.165, 1.54) is 0 Å². The van der Waals surface area contributed by atoms with Gasteiger partial charge >= 0.3 is 0 Å². The third-order valence-electron chi connectivity index (χ3n) is 3.87. The molecule has 130 valence electrons. The van der Waals surface area contributed by atoms with E-state index >= 15 is 0 Å². The number of fused-ring (bicyclic) bond motifs is 1. The number of hydrogen-bond donors (Lipinski definition) is 1. The Bertz CT molecular complexity index is 889. The quantitative estimate of drug-likeness (QED) is 0.747. The van der Waals surface area contributed by atoms with Crippen molar-refractivity contribution in [3.63, 3.8) is 0 Å². The first-order chi connectivity index (χ1) is 12.0. The van der Waals surface area contributed by atoms with Gasteiger partial charge in [-0.1, -0.05) is 23.4 Å². The predicted molar refractivity (Wildman–Crippen MR) is 96.7 cm³/mol. The zero-order chi connectivity index (χ0) is 17.8. The first-order valence-corrected chi connectivity index (χ1v) is 8.02. The minimum Gasteiger partial charge on any atom is -0.497 e. The van der Waals surface area contributed by atoms with Crippen LogP contribution in [0.25, 0.3) is 10.8 Å². The average molecular weight is 339 g/mol. The van der Waals surface area contributed by atoms with Crippen LogP contribution in [-0.4, -0.2) is 36.7 Å². The lowest BCUT2D eigenvalue weighted by molar-refractivity contribution is -0.117. The molecule has 2 aromatic carbocycles. The molecule has 0 fully saturated rings. The summed E-state index contributed by atoms with van der Waals surface area (Å²) in [7, 11) is 3.57. The van der Waals surface area contributed by atoms with E-state index in [-0.39, 0.29) is 12.5 Å². The number of amides is 1. The largest absolute Gasteiger partial charge is 0.497 e. The summed E-state index contributed by atoms with van der Waals surface area (Å²) in [4.78, 5) is 14.0. The number of aromatic nitrogens is 1. The Morgan fingerprint density at radius 2 is 1.96 bits per heavy atom. The number of ether oxygens (including phenoxy) is 1. The van der Waals surface area contributed by atoms with Gasteiger partial charge in [0, 0.05) is 12.6 Å². The van der Waals surface area contributed by atoms with Gasteiger partial charge in [0.1, 0.15) is 5.75 Å². The molecule has 0 bridgehead atoms. The molecular weight excluding hydrogens is 318 g/mol. The van der Waals surface area contributed by atoms with Gasteiger partial charge in [0.05, 0.1) is 19.3 Å². The van der Waals surface area contributed by atoms with Gasteiger partial charge in [0.15, 0.2) is 0 Å². The molecule has 0 saturated heterocycles. The fraction of sp³-hybridized carbons (Fsp3) is 0.263. The molecule has 0 saturated carbocycles. The summed E-state index contributed by atoms with van der Waals surface area (Å²) >= 11 is 0. The van der Waals surface area contributed by atoms with Gasteiger partial charge in [-0.05, 0) is 48.5 Å². The van der Waals surface area contributed by atoms with Gasteiger partial charge in [0.2, 0.25) is 11.8 Å². The number of methoxy groups -OCH3 is 1. The van der Waals surface area contributed by atoms with Crippen molar-refractivity contribution in [3.8, 4) is 5.75 Å². The minimum atomic E-state index is -0.135. The van der Waals surface area contributed by atoms with Crippen molar-refractivity contribution in [1.29, 1.82) is 0 Å². The van der Waals surface area contributed by atoms with Crippen molar-refractivity contribution >= 4 is 22.6 Å². The highest BCUT2D eigenvalue weighted by molar-refractivity contribution is 5.91. The second-order valence-corrected chi connectivity index (χ2v) is 6.10. The van der Waals surface area contributed by atoms with E-state index < -0.39 is 0 Å². The molecule has 3 rings (SSSR count). The number of carbonyl (C=O) groups excluding carboxylic acids is 1. The van der Waals surface area contributed by atoms with Crippen LogP contribution in [0.3, 0.4) is 0 Å². The highest BCUT2D eigenvalue weighted by atomic mass is 16.5. The maximum absolute atomic E-state index is 12.1. The monoisotopic (exact) mass is 339 g/mol. The van der Waals surface area contributed by atoms with E-state index in [9.17, 15) is 4.79 Å². The topological polar surface area (TPSA) is 67.6 Å². The average Bonchev–Trinajstić information content (AvgIpc) is 2.98. The van der Waals surface area contributed by atoms with Crippen LogP contribution in [0.15, 0.2) is 47.0 Å². The smallest absolute Gasteiger partial charge is 0.240 e. The van der Waals surface area contributed by atoms with E-state index in [1.54, 1.807) is 20.1 Å². The fourth-order valence-corrected chi connectivity index (χ4v) is 2.71. The van der Waals surface area contributed by atoms with Crippen molar-refractivity contribution in [2.45, 2.75) is 13.5 Å². The molecule has 0 atom stereocenters. The molecule has 0 aliphatic heterocycles. The fourth-order valence-electron chi connectivity index (χ4n) is 2.71. The van der Waals surface area contributed by atoms with Crippen molar-refractivity contribution in [1.82, 2.24) is 10.1 Å². The van der Waals surface area contributed by atoms with Crippen LogP contribution in [-0.2, 0) is 11.3 Å². The normalized spacial score (nSPS) is 11.0. The molecule has 6 heteroatoms. The Balaban J connectivity index is 1.61. The number of rotatable bonds is 6. The second kappa shape index (κ2) is 7.36. The maximum Gasteiger partial charge on any atom is 0.240 e. The molecule has 25 heavy (non-hydrogen) atoms. The summed E-state index contributed by atoms with van der Waals surface area (Å²) in [5.74, 6) is 1.08. The lowest BCUT2D eigenvalue weighted by Crippen LogP contribution is -2.29. The molecule has 0 unspecified atom stereocenters. The predicted octanol–water partition coefficient (Wildman–Crippen LogP) is 3.22. The molecule has 1 N–H and O–H groups in total. The van der Waals surface area contributed by atoms with E-state index in [1.807, 2.05) is 30.1 Å². The zero-order valence-electron chi connectivity index (χ0n) is 14.6. The molecule has 1 aromatic heterocycles. The summed E-state index contributed by atoms with van der Waals surface area (Å²) in [6.07, 6.45) is 0. The van der Waals surface area contributed by atoms with Crippen molar-refractivity contribution in [2.75, 3.05) is 26.0 Å². The molecule has 1 amide bonds.